The van der Waals surface area contributed by atoms with Crippen molar-refractivity contribution < 1.29 is 24.4 Å². The summed E-state index contributed by atoms with van der Waals surface area (Å²) < 4.78 is 6.24. The van der Waals surface area contributed by atoms with Gasteiger partial charge in [0.1, 0.15) is 0 Å². The third-order valence-corrected chi connectivity index (χ3v) is 4.04. The molecule has 144 valence electrons. The molecule has 0 saturated heterocycles. The molecular formula is C18H16N4O6. The van der Waals surface area contributed by atoms with Crippen LogP contribution in [0.25, 0.3) is 11.0 Å². The molecule has 0 aliphatic carbocycles. The Morgan fingerprint density at radius 3 is 2.71 bits per heavy atom. The molecule has 0 fully saturated rings. The third kappa shape index (κ3) is 3.67. The van der Waals surface area contributed by atoms with E-state index in [-0.39, 0.29) is 30.4 Å². The van der Waals surface area contributed by atoms with Crippen LogP contribution in [0.15, 0.2) is 42.5 Å². The monoisotopic (exact) mass is 384 g/mol. The summed E-state index contributed by atoms with van der Waals surface area (Å²) in [5.41, 5.74) is 1.19. The minimum Gasteiger partial charge on any atom is -0.465 e. The number of rotatable bonds is 6. The van der Waals surface area contributed by atoms with Gasteiger partial charge >= 0.3 is 5.97 Å². The number of nitrogens with zero attached hydrogens (tertiary/aromatic N) is 3. The van der Waals surface area contributed by atoms with Crippen LogP contribution in [0.5, 0.6) is 0 Å². The lowest BCUT2D eigenvalue weighted by Gasteiger charge is -2.09. The zero-order chi connectivity index (χ0) is 20.3. The molecule has 0 aliphatic heterocycles. The third-order valence-electron chi connectivity index (χ3n) is 4.04. The van der Waals surface area contributed by atoms with Gasteiger partial charge in [-0.25, -0.2) is 9.78 Å². The number of nitro benzene ring substituents is 1. The first-order valence-electron chi connectivity index (χ1n) is 8.20. The number of anilines is 1. The Bertz CT molecular complexity index is 1080. The number of esters is 1. The summed E-state index contributed by atoms with van der Waals surface area (Å²) in [7, 11) is 1.27. The molecule has 3 rings (SSSR count). The van der Waals surface area contributed by atoms with Gasteiger partial charge in [-0.1, -0.05) is 6.07 Å². The van der Waals surface area contributed by atoms with Gasteiger partial charge < -0.3 is 14.4 Å². The van der Waals surface area contributed by atoms with Crippen molar-refractivity contribution in [3.8, 4) is 0 Å². The van der Waals surface area contributed by atoms with Gasteiger partial charge in [-0.15, -0.1) is 0 Å². The Labute approximate surface area is 158 Å². The Balaban J connectivity index is 1.99. The van der Waals surface area contributed by atoms with Gasteiger partial charge in [0.05, 0.1) is 35.2 Å². The lowest BCUT2D eigenvalue weighted by atomic mass is 10.2. The molecule has 0 radical (unpaired) electrons. The molecule has 0 unspecified atom stereocenters. The zero-order valence-corrected chi connectivity index (χ0v) is 14.8. The molecule has 0 aliphatic rings. The van der Waals surface area contributed by atoms with E-state index in [0.717, 1.165) is 6.07 Å². The van der Waals surface area contributed by atoms with Gasteiger partial charge in [0.2, 0.25) is 5.95 Å². The smallest absolute Gasteiger partial charge is 0.337 e. The highest BCUT2D eigenvalue weighted by Crippen LogP contribution is 2.22. The minimum absolute atomic E-state index is 0.0899. The fraction of sp³-hybridized carbons (Fsp3) is 0.167. The van der Waals surface area contributed by atoms with Crippen molar-refractivity contribution in [3.63, 3.8) is 0 Å². The zero-order valence-electron chi connectivity index (χ0n) is 14.8. The van der Waals surface area contributed by atoms with Gasteiger partial charge in [-0.2, -0.15) is 0 Å². The molecule has 0 spiro atoms. The normalized spacial score (nSPS) is 10.6. The first kappa shape index (κ1) is 19.0. The SMILES string of the molecule is COC(=O)c1ccc2nc(NC(=O)c3cccc([N+](=O)[O-])c3)n(CCO)c2c1. The number of hydrogen-bond donors (Lipinski definition) is 2. The molecule has 0 atom stereocenters. The van der Waals surface area contributed by atoms with Crippen molar-refractivity contribution in [3.05, 3.63) is 63.7 Å². The summed E-state index contributed by atoms with van der Waals surface area (Å²) in [4.78, 5) is 38.9. The van der Waals surface area contributed by atoms with Crippen molar-refractivity contribution >= 4 is 34.5 Å². The summed E-state index contributed by atoms with van der Waals surface area (Å²) in [5.74, 6) is -0.977. The second-order valence-corrected chi connectivity index (χ2v) is 5.77. The topological polar surface area (TPSA) is 137 Å². The number of carbonyl (C=O) groups is 2. The molecule has 1 amide bonds. The lowest BCUT2D eigenvalue weighted by molar-refractivity contribution is -0.384. The van der Waals surface area contributed by atoms with E-state index in [1.165, 1.54) is 35.9 Å². The van der Waals surface area contributed by atoms with E-state index in [1.807, 2.05) is 0 Å². The van der Waals surface area contributed by atoms with Crippen LogP contribution in [-0.2, 0) is 11.3 Å². The minimum atomic E-state index is -0.591. The molecule has 3 aromatic rings. The molecule has 1 heterocycles. The number of benzene rings is 2. The second-order valence-electron chi connectivity index (χ2n) is 5.77. The van der Waals surface area contributed by atoms with Crippen LogP contribution in [0.1, 0.15) is 20.7 Å². The second kappa shape index (κ2) is 7.84. The van der Waals surface area contributed by atoms with E-state index in [9.17, 15) is 24.8 Å². The number of carbonyl (C=O) groups excluding carboxylic acids is 2. The van der Waals surface area contributed by atoms with Crippen LogP contribution in [-0.4, -0.2) is 45.2 Å². The van der Waals surface area contributed by atoms with Crippen LogP contribution < -0.4 is 5.32 Å². The van der Waals surface area contributed by atoms with Gasteiger partial charge in [-0.3, -0.25) is 20.2 Å². The van der Waals surface area contributed by atoms with Crippen molar-refractivity contribution in [2.75, 3.05) is 19.0 Å². The molecule has 10 heteroatoms. The average Bonchev–Trinajstić information content (AvgIpc) is 3.04. The Hall–Kier alpha value is -3.79. The number of fused-ring (bicyclic) bond motifs is 1. The van der Waals surface area contributed by atoms with E-state index >= 15 is 0 Å². The van der Waals surface area contributed by atoms with Crippen LogP contribution in [0.2, 0.25) is 0 Å². The molecule has 2 aromatic carbocycles. The molecule has 0 bridgehead atoms. The summed E-state index contributed by atoms with van der Waals surface area (Å²) in [5, 5.41) is 22.9. The molecule has 10 nitrogen and oxygen atoms in total. The van der Waals surface area contributed by atoms with E-state index in [4.69, 9.17) is 4.74 Å². The van der Waals surface area contributed by atoms with Gasteiger partial charge in [0.15, 0.2) is 0 Å². The highest BCUT2D eigenvalue weighted by atomic mass is 16.6. The number of aliphatic hydroxyl groups excluding tert-OH is 1. The van der Waals surface area contributed by atoms with E-state index in [1.54, 1.807) is 12.1 Å². The fourth-order valence-electron chi connectivity index (χ4n) is 2.72. The van der Waals surface area contributed by atoms with Gasteiger partial charge in [-0.05, 0) is 24.3 Å². The van der Waals surface area contributed by atoms with Crippen molar-refractivity contribution in [2.45, 2.75) is 6.54 Å². The van der Waals surface area contributed by atoms with Crippen LogP contribution >= 0.6 is 0 Å². The van der Waals surface area contributed by atoms with E-state index in [0.29, 0.717) is 16.6 Å². The first-order chi connectivity index (χ1) is 13.4. The summed E-state index contributed by atoms with van der Waals surface area (Å²) in [6, 6.07) is 9.97. The number of aliphatic hydroxyl groups is 1. The van der Waals surface area contributed by atoms with Gasteiger partial charge in [0, 0.05) is 24.2 Å². The number of non-ortho nitro benzene ring substituents is 1. The largest absolute Gasteiger partial charge is 0.465 e. The quantitative estimate of drug-likeness (QED) is 0.377. The predicted octanol–water partition coefficient (Wildman–Crippen LogP) is 1.98. The van der Waals surface area contributed by atoms with Crippen LogP contribution in [0.4, 0.5) is 11.6 Å². The number of hydrogen-bond acceptors (Lipinski definition) is 7. The van der Waals surface area contributed by atoms with Crippen molar-refractivity contribution in [2.24, 2.45) is 0 Å². The maximum atomic E-state index is 12.5. The standard InChI is InChI=1S/C18H16N4O6/c1-28-17(25)12-5-6-14-15(10-12)21(7-8-23)18(19-14)20-16(24)11-3-2-4-13(9-11)22(26)27/h2-6,9-10,23H,7-8H2,1H3,(H,19,20,24). The number of nitro groups is 1. The number of imidazole rings is 1. The number of methoxy groups -OCH3 is 1. The Morgan fingerprint density at radius 1 is 1.25 bits per heavy atom. The highest BCUT2D eigenvalue weighted by molar-refractivity contribution is 6.04. The van der Waals surface area contributed by atoms with E-state index < -0.39 is 16.8 Å². The summed E-state index contributed by atoms with van der Waals surface area (Å²) in [6.07, 6.45) is 0. The van der Waals surface area contributed by atoms with Crippen molar-refractivity contribution in [1.82, 2.24) is 9.55 Å². The van der Waals surface area contributed by atoms with Crippen LogP contribution in [0.3, 0.4) is 0 Å². The Morgan fingerprint density at radius 2 is 2.04 bits per heavy atom. The summed E-state index contributed by atoms with van der Waals surface area (Å²) in [6.45, 7) is -0.112. The molecule has 2 N–H and O–H groups in total. The first-order valence-corrected chi connectivity index (χ1v) is 8.20. The number of nitrogens with one attached hydrogen (secondary N) is 1. The number of aromatic nitrogens is 2. The summed E-state index contributed by atoms with van der Waals surface area (Å²) >= 11 is 0. The fourth-order valence-corrected chi connectivity index (χ4v) is 2.72. The Kier molecular flexibility index (Phi) is 5.32. The molecule has 1 aromatic heterocycles. The maximum Gasteiger partial charge on any atom is 0.337 e. The molecule has 0 saturated carbocycles. The molecule has 28 heavy (non-hydrogen) atoms. The van der Waals surface area contributed by atoms with Gasteiger partial charge in [0.25, 0.3) is 11.6 Å². The molecular weight excluding hydrogens is 368 g/mol. The number of ether oxygens (including phenoxy) is 1. The lowest BCUT2D eigenvalue weighted by Crippen LogP contribution is -2.17. The predicted molar refractivity (Wildman–Crippen MR) is 99.2 cm³/mol. The van der Waals surface area contributed by atoms with Crippen LogP contribution in [0, 0.1) is 10.1 Å². The van der Waals surface area contributed by atoms with Crippen molar-refractivity contribution in [1.29, 1.82) is 0 Å². The highest BCUT2D eigenvalue weighted by Gasteiger charge is 2.17. The number of amides is 1. The van der Waals surface area contributed by atoms with E-state index in [2.05, 4.69) is 10.3 Å². The average molecular weight is 384 g/mol. The maximum absolute atomic E-state index is 12.5.